The Bertz CT molecular complexity index is 541. The van der Waals surface area contributed by atoms with Crippen molar-refractivity contribution in [2.75, 3.05) is 6.61 Å². The lowest BCUT2D eigenvalue weighted by atomic mass is 10.0. The Labute approximate surface area is 183 Å². The predicted octanol–water partition coefficient (Wildman–Crippen LogP) is 7.40. The second-order valence-corrected chi connectivity index (χ2v) is 8.10. The first-order valence-electron chi connectivity index (χ1n) is 12.1. The van der Waals surface area contributed by atoms with E-state index in [1.165, 1.54) is 77.0 Å². The van der Waals surface area contributed by atoms with E-state index in [0.717, 1.165) is 12.8 Å². The summed E-state index contributed by atoms with van der Waals surface area (Å²) in [5.41, 5.74) is 0. The molecular weight excluding hydrogens is 376 g/mol. The molecule has 1 rings (SSSR count). The molecule has 0 amide bonds. The van der Waals surface area contributed by atoms with Gasteiger partial charge in [-0.2, -0.15) is 0 Å². The Morgan fingerprint density at radius 1 is 0.633 bits per heavy atom. The highest BCUT2D eigenvalue weighted by Gasteiger charge is 2.09. The maximum atomic E-state index is 11.7. The van der Waals surface area contributed by atoms with E-state index in [4.69, 9.17) is 9.47 Å². The molecule has 0 saturated carbocycles. The zero-order valence-electron chi connectivity index (χ0n) is 19.0. The van der Waals surface area contributed by atoms with Gasteiger partial charge in [0.15, 0.2) is 0 Å². The summed E-state index contributed by atoms with van der Waals surface area (Å²) < 4.78 is 10.4. The predicted molar refractivity (Wildman–Crippen MR) is 123 cm³/mol. The molecule has 0 fully saturated rings. The smallest absolute Gasteiger partial charge is 0.311 e. The largest absolute Gasteiger partial charge is 0.466 e. The summed E-state index contributed by atoms with van der Waals surface area (Å²) in [7, 11) is 0. The molecule has 4 heteroatoms. The summed E-state index contributed by atoms with van der Waals surface area (Å²) in [5, 5.41) is 0. The van der Waals surface area contributed by atoms with Crippen molar-refractivity contribution in [1.82, 2.24) is 0 Å². The van der Waals surface area contributed by atoms with Crippen LogP contribution in [0.25, 0.3) is 0 Å². The van der Waals surface area contributed by atoms with Crippen molar-refractivity contribution in [3.05, 3.63) is 30.3 Å². The van der Waals surface area contributed by atoms with Crippen LogP contribution in [0.2, 0.25) is 0 Å². The van der Waals surface area contributed by atoms with Gasteiger partial charge in [-0.3, -0.25) is 9.59 Å². The third-order valence-corrected chi connectivity index (χ3v) is 5.27. The van der Waals surface area contributed by atoms with Crippen molar-refractivity contribution >= 4 is 11.9 Å². The lowest BCUT2D eigenvalue weighted by molar-refractivity contribution is -0.147. The van der Waals surface area contributed by atoms with E-state index in [1.807, 2.05) is 6.07 Å². The van der Waals surface area contributed by atoms with E-state index >= 15 is 0 Å². The van der Waals surface area contributed by atoms with Crippen LogP contribution in [0.15, 0.2) is 30.3 Å². The van der Waals surface area contributed by atoms with Crippen molar-refractivity contribution in [2.24, 2.45) is 0 Å². The van der Waals surface area contributed by atoms with Crippen LogP contribution in [0.1, 0.15) is 110 Å². The number of carbonyl (C=O) groups excluding carboxylic acids is 2. The Balaban J connectivity index is 1.82. The molecule has 0 unspecified atom stereocenters. The maximum absolute atomic E-state index is 11.7. The van der Waals surface area contributed by atoms with E-state index in [-0.39, 0.29) is 18.8 Å². The SMILES string of the molecule is CCCCCCCCCCCCCCCCOC(=O)CCC(=O)Oc1ccccc1. The Kier molecular flexibility index (Phi) is 16.7. The molecule has 0 aliphatic carbocycles. The summed E-state index contributed by atoms with van der Waals surface area (Å²) in [5.74, 6) is -0.234. The second kappa shape index (κ2) is 19.1. The molecular formula is C26H42O4. The van der Waals surface area contributed by atoms with E-state index in [1.54, 1.807) is 24.3 Å². The fourth-order valence-corrected chi connectivity index (χ4v) is 3.43. The average Bonchev–Trinajstić information content (AvgIpc) is 2.75. The summed E-state index contributed by atoms with van der Waals surface area (Å²) in [4.78, 5) is 23.4. The number of para-hydroxylation sites is 1. The van der Waals surface area contributed by atoms with Crippen molar-refractivity contribution in [3.63, 3.8) is 0 Å². The van der Waals surface area contributed by atoms with Crippen molar-refractivity contribution in [2.45, 2.75) is 110 Å². The standard InChI is InChI=1S/C26H42O4/c1-2-3-4-5-6-7-8-9-10-11-12-13-14-18-23-29-25(27)21-22-26(28)30-24-19-16-15-17-20-24/h15-17,19-20H,2-14,18,21-23H2,1H3. The first-order valence-corrected chi connectivity index (χ1v) is 12.1. The molecule has 0 aromatic heterocycles. The highest BCUT2D eigenvalue weighted by atomic mass is 16.5. The maximum Gasteiger partial charge on any atom is 0.311 e. The van der Waals surface area contributed by atoms with E-state index in [2.05, 4.69) is 6.92 Å². The Morgan fingerprint density at radius 3 is 1.63 bits per heavy atom. The van der Waals surface area contributed by atoms with Crippen LogP contribution in [-0.2, 0) is 14.3 Å². The lowest BCUT2D eigenvalue weighted by Crippen LogP contribution is -2.12. The summed E-state index contributed by atoms with van der Waals surface area (Å²) >= 11 is 0. The molecule has 0 atom stereocenters. The van der Waals surface area contributed by atoms with Crippen LogP contribution in [0.5, 0.6) is 5.75 Å². The molecule has 30 heavy (non-hydrogen) atoms. The minimum Gasteiger partial charge on any atom is -0.466 e. The van der Waals surface area contributed by atoms with Gasteiger partial charge in [0.25, 0.3) is 0 Å². The number of ether oxygens (including phenoxy) is 2. The van der Waals surface area contributed by atoms with Gasteiger partial charge in [0.1, 0.15) is 5.75 Å². The van der Waals surface area contributed by atoms with Gasteiger partial charge < -0.3 is 9.47 Å². The summed E-state index contributed by atoms with van der Waals surface area (Å²) in [6.45, 7) is 2.71. The quantitative estimate of drug-likeness (QED) is 0.133. The highest BCUT2D eigenvalue weighted by Crippen LogP contribution is 2.13. The number of hydrogen-bond donors (Lipinski definition) is 0. The van der Waals surface area contributed by atoms with Gasteiger partial charge in [-0.05, 0) is 18.6 Å². The van der Waals surface area contributed by atoms with Crippen LogP contribution in [-0.4, -0.2) is 18.5 Å². The van der Waals surface area contributed by atoms with Crippen molar-refractivity contribution in [1.29, 1.82) is 0 Å². The second-order valence-electron chi connectivity index (χ2n) is 8.10. The lowest BCUT2D eigenvalue weighted by Gasteiger charge is -2.06. The summed E-state index contributed by atoms with van der Waals surface area (Å²) in [6, 6.07) is 8.88. The molecule has 0 aliphatic rings. The number of unbranched alkanes of at least 4 members (excludes halogenated alkanes) is 13. The minimum atomic E-state index is -0.408. The molecule has 0 spiro atoms. The number of carbonyl (C=O) groups is 2. The van der Waals surface area contributed by atoms with Gasteiger partial charge in [-0.1, -0.05) is 109 Å². The fraction of sp³-hybridized carbons (Fsp3) is 0.692. The zero-order chi connectivity index (χ0) is 21.7. The van der Waals surface area contributed by atoms with E-state index in [0.29, 0.717) is 12.4 Å². The van der Waals surface area contributed by atoms with Crippen LogP contribution < -0.4 is 4.74 Å². The number of esters is 2. The number of rotatable bonds is 19. The third-order valence-electron chi connectivity index (χ3n) is 5.27. The van der Waals surface area contributed by atoms with Crippen LogP contribution >= 0.6 is 0 Å². The van der Waals surface area contributed by atoms with Gasteiger partial charge >= 0.3 is 11.9 Å². The average molecular weight is 419 g/mol. The van der Waals surface area contributed by atoms with Crippen LogP contribution in [0.3, 0.4) is 0 Å². The molecule has 0 N–H and O–H groups in total. The van der Waals surface area contributed by atoms with Crippen molar-refractivity contribution < 1.29 is 19.1 Å². The molecule has 4 nitrogen and oxygen atoms in total. The number of hydrogen-bond acceptors (Lipinski definition) is 4. The minimum absolute atomic E-state index is 0.0481. The van der Waals surface area contributed by atoms with Crippen LogP contribution in [0.4, 0.5) is 0 Å². The van der Waals surface area contributed by atoms with Gasteiger partial charge in [-0.25, -0.2) is 0 Å². The molecule has 0 bridgehead atoms. The molecule has 1 aromatic carbocycles. The molecule has 0 aliphatic heterocycles. The molecule has 0 saturated heterocycles. The Hall–Kier alpha value is -1.84. The molecule has 1 aromatic rings. The third kappa shape index (κ3) is 16.0. The Morgan fingerprint density at radius 2 is 1.10 bits per heavy atom. The van der Waals surface area contributed by atoms with Crippen LogP contribution in [0, 0.1) is 0 Å². The van der Waals surface area contributed by atoms with Gasteiger partial charge in [0.2, 0.25) is 0 Å². The number of benzene rings is 1. The topological polar surface area (TPSA) is 52.6 Å². The first kappa shape index (κ1) is 26.2. The normalized spacial score (nSPS) is 10.7. The van der Waals surface area contributed by atoms with E-state index in [9.17, 15) is 9.59 Å². The zero-order valence-corrected chi connectivity index (χ0v) is 19.0. The van der Waals surface area contributed by atoms with Gasteiger partial charge in [-0.15, -0.1) is 0 Å². The molecule has 0 heterocycles. The molecule has 170 valence electrons. The van der Waals surface area contributed by atoms with Crippen molar-refractivity contribution in [3.8, 4) is 5.75 Å². The van der Waals surface area contributed by atoms with Gasteiger partial charge in [0, 0.05) is 0 Å². The fourth-order valence-electron chi connectivity index (χ4n) is 3.43. The first-order chi connectivity index (χ1) is 14.7. The highest BCUT2D eigenvalue weighted by molar-refractivity contribution is 5.78. The van der Waals surface area contributed by atoms with E-state index < -0.39 is 5.97 Å². The summed E-state index contributed by atoms with van der Waals surface area (Å²) in [6.07, 6.45) is 18.4. The van der Waals surface area contributed by atoms with Gasteiger partial charge in [0.05, 0.1) is 19.4 Å². The monoisotopic (exact) mass is 418 g/mol. The molecule has 0 radical (unpaired) electrons.